The molecule has 3 heterocycles. The van der Waals surface area contributed by atoms with E-state index in [4.69, 9.17) is 11.6 Å². The minimum absolute atomic E-state index is 0.177. The maximum absolute atomic E-state index is 13.3. The molecule has 0 atom stereocenters. The van der Waals surface area contributed by atoms with E-state index < -0.39 is 10.0 Å². The highest BCUT2D eigenvalue weighted by Crippen LogP contribution is 2.28. The van der Waals surface area contributed by atoms with Crippen LogP contribution in [-0.2, 0) is 16.6 Å². The Morgan fingerprint density at radius 2 is 1.77 bits per heavy atom. The maximum atomic E-state index is 13.3. The molecule has 1 aliphatic rings. The molecule has 11 heteroatoms. The van der Waals surface area contributed by atoms with Crippen molar-refractivity contribution in [1.29, 1.82) is 0 Å². The Kier molecular flexibility index (Phi) is 6.16. The zero-order valence-electron chi connectivity index (χ0n) is 16.8. The van der Waals surface area contributed by atoms with Gasteiger partial charge in [0.25, 0.3) is 21.5 Å². The van der Waals surface area contributed by atoms with Crippen molar-refractivity contribution >= 4 is 49.6 Å². The van der Waals surface area contributed by atoms with Crippen molar-refractivity contribution in [1.82, 2.24) is 19.0 Å². The van der Waals surface area contributed by atoms with Gasteiger partial charge in [0.05, 0.1) is 9.72 Å². The number of aromatic nitrogens is 2. The molecule has 1 aliphatic heterocycles. The molecule has 4 rings (SSSR count). The number of fused-ring (bicyclic) bond motifs is 1. The summed E-state index contributed by atoms with van der Waals surface area (Å²) in [5.41, 5.74) is -0.00971. The van der Waals surface area contributed by atoms with Crippen molar-refractivity contribution in [2.24, 2.45) is 0 Å². The number of aryl methyl sites for hydroxylation is 1. The first kappa shape index (κ1) is 21.9. The van der Waals surface area contributed by atoms with E-state index in [9.17, 15) is 18.0 Å². The predicted octanol–water partition coefficient (Wildman–Crippen LogP) is 2.67. The SMILES string of the molecule is CCCn1nc(C(=O)N2CCN(S(=O)(=O)c3ccc(Cl)s3)CC2)c2ccccc2c1=O. The number of nitrogens with zero attached hydrogens (tertiary/aromatic N) is 4. The summed E-state index contributed by atoms with van der Waals surface area (Å²) in [4.78, 5) is 27.5. The molecular weight excluding hydrogens is 460 g/mol. The van der Waals surface area contributed by atoms with E-state index in [1.54, 1.807) is 35.2 Å². The fourth-order valence-corrected chi connectivity index (χ4v) is 6.66. The predicted molar refractivity (Wildman–Crippen MR) is 120 cm³/mol. The summed E-state index contributed by atoms with van der Waals surface area (Å²) in [6, 6.07) is 9.98. The van der Waals surface area contributed by atoms with E-state index in [0.717, 1.165) is 11.3 Å². The second kappa shape index (κ2) is 8.70. The number of rotatable bonds is 5. The number of carbonyl (C=O) groups excluding carboxylic acids is 1. The Morgan fingerprint density at radius 3 is 2.39 bits per heavy atom. The van der Waals surface area contributed by atoms with Crippen LogP contribution in [0.5, 0.6) is 0 Å². The standard InChI is InChI=1S/C20H21ClN4O4S2/c1-2-9-25-19(26)15-6-4-3-5-14(15)18(22-25)20(27)23-10-12-24(13-11-23)31(28,29)17-8-7-16(21)30-17/h3-8H,2,9-13H2,1H3. The van der Waals surface area contributed by atoms with Crippen LogP contribution in [0.1, 0.15) is 23.8 Å². The van der Waals surface area contributed by atoms with Crippen molar-refractivity contribution in [2.45, 2.75) is 24.1 Å². The van der Waals surface area contributed by atoms with Crippen molar-refractivity contribution < 1.29 is 13.2 Å². The van der Waals surface area contributed by atoms with Crippen LogP contribution in [0.4, 0.5) is 0 Å². The highest BCUT2D eigenvalue weighted by Gasteiger charge is 2.32. The average molecular weight is 481 g/mol. The molecule has 0 radical (unpaired) electrons. The van der Waals surface area contributed by atoms with Crippen LogP contribution < -0.4 is 5.56 Å². The Labute approximate surface area is 188 Å². The van der Waals surface area contributed by atoms with Gasteiger partial charge in [0.2, 0.25) is 0 Å². The first-order valence-electron chi connectivity index (χ1n) is 9.87. The first-order valence-corrected chi connectivity index (χ1v) is 12.5. The van der Waals surface area contributed by atoms with Crippen LogP contribution >= 0.6 is 22.9 Å². The van der Waals surface area contributed by atoms with Crippen LogP contribution in [0.2, 0.25) is 4.34 Å². The van der Waals surface area contributed by atoms with Crippen LogP contribution in [0.25, 0.3) is 10.8 Å². The van der Waals surface area contributed by atoms with E-state index in [1.165, 1.54) is 15.1 Å². The topological polar surface area (TPSA) is 92.6 Å². The number of halogens is 1. The van der Waals surface area contributed by atoms with E-state index in [1.807, 2.05) is 6.92 Å². The third-order valence-corrected chi connectivity index (χ3v) is 8.77. The molecule has 0 aliphatic carbocycles. The molecule has 2 aromatic heterocycles. The quantitative estimate of drug-likeness (QED) is 0.559. The number of benzene rings is 1. The molecule has 164 valence electrons. The average Bonchev–Trinajstić information content (AvgIpc) is 3.23. The molecule has 1 amide bonds. The Hall–Kier alpha value is -2.27. The summed E-state index contributed by atoms with van der Waals surface area (Å²) in [6.07, 6.45) is 0.710. The Bertz CT molecular complexity index is 1290. The summed E-state index contributed by atoms with van der Waals surface area (Å²) in [6.45, 7) is 3.18. The second-order valence-electron chi connectivity index (χ2n) is 7.18. The smallest absolute Gasteiger partial charge is 0.275 e. The van der Waals surface area contributed by atoms with Gasteiger partial charge in [-0.2, -0.15) is 9.40 Å². The minimum atomic E-state index is -3.64. The van der Waals surface area contributed by atoms with Gasteiger partial charge in [-0.15, -0.1) is 11.3 Å². The molecule has 0 saturated carbocycles. The normalized spacial score (nSPS) is 15.5. The lowest BCUT2D eigenvalue weighted by atomic mass is 10.1. The molecule has 0 unspecified atom stereocenters. The third kappa shape index (κ3) is 4.12. The third-order valence-electron chi connectivity index (χ3n) is 5.17. The van der Waals surface area contributed by atoms with Crippen LogP contribution in [0.3, 0.4) is 0 Å². The molecule has 3 aromatic rings. The van der Waals surface area contributed by atoms with Gasteiger partial charge in [-0.3, -0.25) is 9.59 Å². The van der Waals surface area contributed by atoms with Gasteiger partial charge in [0.1, 0.15) is 4.21 Å². The fourth-order valence-electron chi connectivity index (χ4n) is 3.60. The van der Waals surface area contributed by atoms with Gasteiger partial charge in [-0.1, -0.05) is 36.7 Å². The number of amides is 1. The number of hydrogen-bond acceptors (Lipinski definition) is 6. The van der Waals surface area contributed by atoms with E-state index >= 15 is 0 Å². The summed E-state index contributed by atoms with van der Waals surface area (Å²) in [5, 5.41) is 5.31. The van der Waals surface area contributed by atoms with Crippen LogP contribution in [-0.4, -0.2) is 59.5 Å². The van der Waals surface area contributed by atoms with Gasteiger partial charge < -0.3 is 4.90 Å². The number of thiophene rings is 1. The van der Waals surface area contributed by atoms with Gasteiger partial charge >= 0.3 is 0 Å². The van der Waals surface area contributed by atoms with E-state index in [2.05, 4.69) is 5.10 Å². The van der Waals surface area contributed by atoms with E-state index in [0.29, 0.717) is 28.1 Å². The Morgan fingerprint density at radius 1 is 1.10 bits per heavy atom. The minimum Gasteiger partial charge on any atom is -0.335 e. The number of piperazine rings is 1. The molecule has 8 nitrogen and oxygen atoms in total. The molecule has 0 bridgehead atoms. The molecule has 0 spiro atoms. The fraction of sp³-hybridized carbons (Fsp3) is 0.350. The lowest BCUT2D eigenvalue weighted by Gasteiger charge is -2.33. The molecule has 1 saturated heterocycles. The van der Waals surface area contributed by atoms with Crippen molar-refractivity contribution in [3.8, 4) is 0 Å². The Balaban J connectivity index is 1.59. The first-order chi connectivity index (χ1) is 14.8. The van der Waals surface area contributed by atoms with Crippen LogP contribution in [0, 0.1) is 0 Å². The van der Waals surface area contributed by atoms with Crippen molar-refractivity contribution in [3.63, 3.8) is 0 Å². The van der Waals surface area contributed by atoms with Gasteiger partial charge in [-0.05, 0) is 24.6 Å². The van der Waals surface area contributed by atoms with Gasteiger partial charge in [-0.25, -0.2) is 13.1 Å². The highest BCUT2D eigenvalue weighted by molar-refractivity contribution is 7.91. The number of hydrogen-bond donors (Lipinski definition) is 0. The molecule has 31 heavy (non-hydrogen) atoms. The highest BCUT2D eigenvalue weighted by atomic mass is 35.5. The van der Waals surface area contributed by atoms with Crippen LogP contribution in [0.15, 0.2) is 45.4 Å². The lowest BCUT2D eigenvalue weighted by Crippen LogP contribution is -2.50. The van der Waals surface area contributed by atoms with E-state index in [-0.39, 0.29) is 47.5 Å². The van der Waals surface area contributed by atoms with Crippen molar-refractivity contribution in [3.05, 3.63) is 56.8 Å². The second-order valence-corrected chi connectivity index (χ2v) is 11.1. The summed E-state index contributed by atoms with van der Waals surface area (Å²) >= 11 is 6.90. The lowest BCUT2D eigenvalue weighted by molar-refractivity contribution is 0.0691. The summed E-state index contributed by atoms with van der Waals surface area (Å²) in [5.74, 6) is -0.308. The molecule has 1 aromatic carbocycles. The monoisotopic (exact) mass is 480 g/mol. The summed E-state index contributed by atoms with van der Waals surface area (Å²) in [7, 11) is -3.64. The summed E-state index contributed by atoms with van der Waals surface area (Å²) < 4.78 is 28.9. The molecule has 0 N–H and O–H groups in total. The molecular formula is C20H21ClN4O4S2. The zero-order valence-corrected chi connectivity index (χ0v) is 19.2. The van der Waals surface area contributed by atoms with Gasteiger partial charge in [0.15, 0.2) is 5.69 Å². The number of sulfonamides is 1. The number of carbonyl (C=O) groups is 1. The van der Waals surface area contributed by atoms with Crippen molar-refractivity contribution in [2.75, 3.05) is 26.2 Å². The maximum Gasteiger partial charge on any atom is 0.275 e. The zero-order chi connectivity index (χ0) is 22.2. The van der Waals surface area contributed by atoms with Gasteiger partial charge in [0, 0.05) is 38.1 Å². The largest absolute Gasteiger partial charge is 0.335 e. The molecule has 1 fully saturated rings.